The normalized spacial score (nSPS) is 19.1. The second-order valence-corrected chi connectivity index (χ2v) is 16.5. The zero-order chi connectivity index (χ0) is 33.9. The molecule has 0 unspecified atom stereocenters. The van der Waals surface area contributed by atoms with Crippen LogP contribution in [0.1, 0.15) is 55.4 Å². The molecule has 0 atom stereocenters. The van der Waals surface area contributed by atoms with Gasteiger partial charge in [0.05, 0.1) is 42.8 Å². The van der Waals surface area contributed by atoms with Gasteiger partial charge in [-0.3, -0.25) is 0 Å². The van der Waals surface area contributed by atoms with Gasteiger partial charge in [-0.1, -0.05) is 72.8 Å². The largest absolute Gasteiger partial charge is 0.494 e. The number of para-hydroxylation sites is 2. The van der Waals surface area contributed by atoms with E-state index in [0.29, 0.717) is 0 Å². The molecular formula is C38H40B2N2O4S2. The van der Waals surface area contributed by atoms with Gasteiger partial charge in [0.1, 0.15) is 10.0 Å². The summed E-state index contributed by atoms with van der Waals surface area (Å²) >= 11 is 3.42. The second kappa shape index (κ2) is 12.2. The van der Waals surface area contributed by atoms with E-state index in [-0.39, 0.29) is 36.6 Å². The third kappa shape index (κ3) is 6.26. The average Bonchev–Trinajstić information content (AvgIpc) is 3.78. The Balaban J connectivity index is 0.000000152. The van der Waals surface area contributed by atoms with Crippen LogP contribution in [0.25, 0.3) is 41.6 Å². The van der Waals surface area contributed by atoms with Gasteiger partial charge < -0.3 is 18.6 Å². The minimum atomic E-state index is -0.343. The van der Waals surface area contributed by atoms with Crippen molar-refractivity contribution in [3.63, 3.8) is 0 Å². The summed E-state index contributed by atoms with van der Waals surface area (Å²) in [7, 11) is -0.663. The first kappa shape index (κ1) is 33.1. The zero-order valence-corrected chi connectivity index (χ0v) is 30.4. The van der Waals surface area contributed by atoms with Crippen molar-refractivity contribution in [2.75, 3.05) is 0 Å². The molecule has 2 fully saturated rings. The Bertz CT molecular complexity index is 1990. The Morgan fingerprint density at radius 3 is 1.38 bits per heavy atom. The fourth-order valence-electron chi connectivity index (χ4n) is 5.55. The number of aromatic nitrogens is 2. The highest BCUT2D eigenvalue weighted by Crippen LogP contribution is 2.38. The van der Waals surface area contributed by atoms with E-state index in [1.165, 1.54) is 9.40 Å². The third-order valence-corrected chi connectivity index (χ3v) is 12.1. The summed E-state index contributed by atoms with van der Waals surface area (Å²) in [5.41, 5.74) is 5.09. The van der Waals surface area contributed by atoms with E-state index < -0.39 is 0 Å². The monoisotopic (exact) mass is 674 g/mol. The molecule has 0 saturated carbocycles. The van der Waals surface area contributed by atoms with Crippen LogP contribution in [0.15, 0.2) is 97.1 Å². The lowest BCUT2D eigenvalue weighted by Gasteiger charge is -2.32. The van der Waals surface area contributed by atoms with Crippen LogP contribution in [0.2, 0.25) is 0 Å². The Hall–Kier alpha value is -3.37. The summed E-state index contributed by atoms with van der Waals surface area (Å²) in [6, 6.07) is 33.1. The van der Waals surface area contributed by atoms with Crippen LogP contribution < -0.4 is 10.9 Å². The summed E-state index contributed by atoms with van der Waals surface area (Å²) in [6.07, 6.45) is 0. The molecular weight excluding hydrogens is 634 g/mol. The lowest BCUT2D eigenvalue weighted by Crippen LogP contribution is -2.41. The van der Waals surface area contributed by atoms with Gasteiger partial charge >= 0.3 is 14.2 Å². The standard InChI is InChI=1S/2C19H20BNO2S/c1-18(2)19(3,4)23-20(22-18)14-9-7-8-13(12-14)17-21-15-10-5-6-11-16(15)24-17;1-18(2)19(3,4)23-20(22-18)14-11-9-13(10-12-14)17-21-15-7-5-6-8-16(15)24-17/h2*5-12H,1-4H3. The Kier molecular flexibility index (Phi) is 8.42. The van der Waals surface area contributed by atoms with E-state index in [1.807, 2.05) is 42.5 Å². The molecule has 244 valence electrons. The molecule has 2 aliphatic heterocycles. The summed E-state index contributed by atoms with van der Waals surface area (Å²) in [4.78, 5) is 9.46. The molecule has 48 heavy (non-hydrogen) atoms. The number of rotatable bonds is 4. The van der Waals surface area contributed by atoms with Crippen LogP contribution in [-0.2, 0) is 18.6 Å². The van der Waals surface area contributed by atoms with Crippen LogP contribution in [-0.4, -0.2) is 46.6 Å². The van der Waals surface area contributed by atoms with E-state index >= 15 is 0 Å². The Morgan fingerprint density at radius 1 is 0.458 bits per heavy atom. The summed E-state index contributed by atoms with van der Waals surface area (Å²) in [6.45, 7) is 16.6. The zero-order valence-electron chi connectivity index (χ0n) is 28.7. The number of thiazole rings is 2. The van der Waals surface area contributed by atoms with Crippen LogP contribution in [0, 0.1) is 0 Å². The summed E-state index contributed by atoms with van der Waals surface area (Å²) < 4.78 is 27.0. The molecule has 0 bridgehead atoms. The molecule has 6 aromatic rings. The Morgan fingerprint density at radius 2 is 0.896 bits per heavy atom. The fourth-order valence-corrected chi connectivity index (χ4v) is 7.48. The van der Waals surface area contributed by atoms with Crippen molar-refractivity contribution in [3.8, 4) is 21.1 Å². The molecule has 0 radical (unpaired) electrons. The van der Waals surface area contributed by atoms with Gasteiger partial charge in [-0.25, -0.2) is 9.97 Å². The van der Waals surface area contributed by atoms with Gasteiger partial charge in [0, 0.05) is 11.1 Å². The molecule has 0 amide bonds. The summed E-state index contributed by atoms with van der Waals surface area (Å²) in [5.74, 6) is 0. The molecule has 0 spiro atoms. The topological polar surface area (TPSA) is 62.7 Å². The van der Waals surface area contributed by atoms with Crippen LogP contribution in [0.4, 0.5) is 0 Å². The quantitative estimate of drug-likeness (QED) is 0.175. The van der Waals surface area contributed by atoms with Crippen molar-refractivity contribution in [2.45, 2.75) is 77.8 Å². The molecule has 4 aromatic carbocycles. The van der Waals surface area contributed by atoms with E-state index in [0.717, 1.165) is 43.1 Å². The van der Waals surface area contributed by atoms with Crippen molar-refractivity contribution >= 4 is 68.3 Å². The molecule has 10 heteroatoms. The predicted molar refractivity (Wildman–Crippen MR) is 202 cm³/mol. The van der Waals surface area contributed by atoms with E-state index in [9.17, 15) is 0 Å². The smallest absolute Gasteiger partial charge is 0.399 e. The number of hydrogen-bond acceptors (Lipinski definition) is 8. The van der Waals surface area contributed by atoms with Gasteiger partial charge in [-0.2, -0.15) is 0 Å². The fraction of sp³-hybridized carbons (Fsp3) is 0.316. The minimum Gasteiger partial charge on any atom is -0.399 e. The first-order chi connectivity index (χ1) is 22.7. The van der Waals surface area contributed by atoms with Crippen LogP contribution in [0.5, 0.6) is 0 Å². The van der Waals surface area contributed by atoms with Crippen molar-refractivity contribution in [3.05, 3.63) is 97.1 Å². The van der Waals surface area contributed by atoms with Gasteiger partial charge in [-0.15, -0.1) is 22.7 Å². The number of nitrogens with zero attached hydrogens (tertiary/aromatic N) is 2. The predicted octanol–water partition coefficient (Wildman–Crippen LogP) is 8.53. The van der Waals surface area contributed by atoms with E-state index in [4.69, 9.17) is 28.6 Å². The maximum Gasteiger partial charge on any atom is 0.494 e. The minimum absolute atomic E-state index is 0.316. The van der Waals surface area contributed by atoms with E-state index in [1.54, 1.807) is 22.7 Å². The maximum absolute atomic E-state index is 6.16. The number of benzene rings is 4. The SMILES string of the molecule is CC1(C)OB(c2ccc(-c3nc4ccccc4s3)cc2)OC1(C)C.CC1(C)OB(c2cccc(-c3nc4ccccc4s3)c2)OC1(C)C. The highest BCUT2D eigenvalue weighted by molar-refractivity contribution is 7.22. The molecule has 6 nitrogen and oxygen atoms in total. The highest BCUT2D eigenvalue weighted by atomic mass is 32.1. The first-order valence-electron chi connectivity index (χ1n) is 16.3. The Labute approximate surface area is 291 Å². The molecule has 2 aliphatic rings. The lowest BCUT2D eigenvalue weighted by atomic mass is 9.78. The second-order valence-electron chi connectivity index (χ2n) is 14.4. The average molecular weight is 675 g/mol. The molecule has 0 N–H and O–H groups in total. The van der Waals surface area contributed by atoms with Gasteiger partial charge in [0.2, 0.25) is 0 Å². The lowest BCUT2D eigenvalue weighted by molar-refractivity contribution is 0.00578. The molecule has 2 saturated heterocycles. The van der Waals surface area contributed by atoms with Crippen molar-refractivity contribution in [1.82, 2.24) is 9.97 Å². The summed E-state index contributed by atoms with van der Waals surface area (Å²) in [5, 5.41) is 2.06. The first-order valence-corrected chi connectivity index (χ1v) is 18.0. The van der Waals surface area contributed by atoms with Gasteiger partial charge in [-0.05, 0) is 90.6 Å². The highest BCUT2D eigenvalue weighted by Gasteiger charge is 2.52. The molecule has 8 rings (SSSR count). The number of hydrogen-bond donors (Lipinski definition) is 0. The number of fused-ring (bicyclic) bond motifs is 2. The molecule has 0 aliphatic carbocycles. The van der Waals surface area contributed by atoms with Crippen LogP contribution >= 0.6 is 22.7 Å². The van der Waals surface area contributed by atoms with Crippen molar-refractivity contribution < 1.29 is 18.6 Å². The molecule has 2 aromatic heterocycles. The third-order valence-electron chi connectivity index (χ3n) is 9.93. The van der Waals surface area contributed by atoms with Gasteiger partial charge in [0.15, 0.2) is 0 Å². The van der Waals surface area contributed by atoms with Crippen LogP contribution in [0.3, 0.4) is 0 Å². The van der Waals surface area contributed by atoms with Gasteiger partial charge in [0.25, 0.3) is 0 Å². The van der Waals surface area contributed by atoms with Crippen molar-refractivity contribution in [1.29, 1.82) is 0 Å². The maximum atomic E-state index is 6.16. The van der Waals surface area contributed by atoms with Crippen molar-refractivity contribution in [2.24, 2.45) is 0 Å². The van der Waals surface area contributed by atoms with E-state index in [2.05, 4.69) is 110 Å². The molecule has 4 heterocycles.